The molecule has 22 heavy (non-hydrogen) atoms. The zero-order valence-corrected chi connectivity index (χ0v) is 12.5. The maximum atomic E-state index is 11.9. The third-order valence-electron chi connectivity index (χ3n) is 3.54. The molecule has 0 unspecified atom stereocenters. The van der Waals surface area contributed by atoms with E-state index in [9.17, 15) is 14.4 Å². The van der Waals surface area contributed by atoms with Gasteiger partial charge in [0.15, 0.2) is 6.10 Å². The van der Waals surface area contributed by atoms with Crippen molar-refractivity contribution >= 4 is 17.9 Å². The minimum atomic E-state index is -0.972. The Kier molecular flexibility index (Phi) is 4.80. The van der Waals surface area contributed by atoms with E-state index in [1.165, 1.54) is 6.92 Å². The Morgan fingerprint density at radius 3 is 2.55 bits per heavy atom. The first-order chi connectivity index (χ1) is 10.4. The largest absolute Gasteiger partial charge is 0.458 e. The Morgan fingerprint density at radius 1 is 1.32 bits per heavy atom. The molecule has 0 bridgehead atoms. The summed E-state index contributed by atoms with van der Waals surface area (Å²) in [5, 5.41) is 0. The van der Waals surface area contributed by atoms with Crippen molar-refractivity contribution in [3.8, 4) is 0 Å². The van der Waals surface area contributed by atoms with Gasteiger partial charge in [0.25, 0.3) is 0 Å². The highest BCUT2D eigenvalue weighted by Gasteiger charge is 2.45. The molecule has 6 nitrogen and oxygen atoms in total. The Bertz CT molecular complexity index is 567. The first-order valence-corrected chi connectivity index (χ1v) is 7.02. The molecule has 0 saturated carbocycles. The number of benzene rings is 1. The monoisotopic (exact) mass is 306 g/mol. The Balaban J connectivity index is 2.03. The predicted molar refractivity (Wildman–Crippen MR) is 76.0 cm³/mol. The fraction of sp³-hybridized carbons (Fsp3) is 0.438. The summed E-state index contributed by atoms with van der Waals surface area (Å²) in [5.41, 5.74) is -0.572. The minimum absolute atomic E-state index is 0.170. The molecule has 6 heteroatoms. The van der Waals surface area contributed by atoms with Crippen LogP contribution in [0.15, 0.2) is 30.3 Å². The fourth-order valence-corrected chi connectivity index (χ4v) is 2.28. The maximum Gasteiger partial charge on any atom is 0.338 e. The first kappa shape index (κ1) is 16.0. The molecule has 1 heterocycles. The molecule has 0 radical (unpaired) electrons. The summed E-state index contributed by atoms with van der Waals surface area (Å²) in [5.74, 6) is -1.40. The smallest absolute Gasteiger partial charge is 0.338 e. The van der Waals surface area contributed by atoms with Gasteiger partial charge in [0.05, 0.1) is 5.56 Å². The van der Waals surface area contributed by atoms with Crippen LogP contribution in [0.1, 0.15) is 37.0 Å². The molecule has 118 valence electrons. The highest BCUT2D eigenvalue weighted by molar-refractivity contribution is 5.89. The van der Waals surface area contributed by atoms with Crippen LogP contribution in [0, 0.1) is 0 Å². The molecule has 1 aromatic carbocycles. The molecule has 2 rings (SSSR count). The summed E-state index contributed by atoms with van der Waals surface area (Å²) in [6.07, 6.45) is -0.169. The molecule has 0 aromatic heterocycles. The van der Waals surface area contributed by atoms with Gasteiger partial charge in [-0.1, -0.05) is 18.2 Å². The average Bonchev–Trinajstić information content (AvgIpc) is 2.84. The molecule has 2 atom stereocenters. The molecular formula is C16H18O6. The van der Waals surface area contributed by atoms with Crippen molar-refractivity contribution in [2.24, 2.45) is 0 Å². The van der Waals surface area contributed by atoms with Gasteiger partial charge < -0.3 is 14.2 Å². The molecule has 1 fully saturated rings. The van der Waals surface area contributed by atoms with E-state index in [0.717, 1.165) is 0 Å². The summed E-state index contributed by atoms with van der Waals surface area (Å²) < 4.78 is 15.6. The van der Waals surface area contributed by atoms with Crippen molar-refractivity contribution in [3.63, 3.8) is 0 Å². The minimum Gasteiger partial charge on any atom is -0.458 e. The number of carbonyl (C=O) groups excluding carboxylic acids is 3. The first-order valence-electron chi connectivity index (χ1n) is 7.02. The Morgan fingerprint density at radius 2 is 2.00 bits per heavy atom. The third-order valence-corrected chi connectivity index (χ3v) is 3.54. The number of esters is 3. The van der Waals surface area contributed by atoms with Crippen molar-refractivity contribution in [2.45, 2.75) is 38.4 Å². The van der Waals surface area contributed by atoms with Crippen LogP contribution in [0.25, 0.3) is 0 Å². The van der Waals surface area contributed by atoms with Crippen LogP contribution in [0.4, 0.5) is 0 Å². The number of hydrogen-bond donors (Lipinski definition) is 0. The van der Waals surface area contributed by atoms with Gasteiger partial charge in [-0.25, -0.2) is 4.79 Å². The number of carbonyl (C=O) groups is 3. The van der Waals surface area contributed by atoms with Gasteiger partial charge in [0.2, 0.25) is 0 Å². The second-order valence-corrected chi connectivity index (χ2v) is 5.35. The number of cyclic esters (lactones) is 1. The van der Waals surface area contributed by atoms with Crippen LogP contribution >= 0.6 is 0 Å². The lowest BCUT2D eigenvalue weighted by atomic mass is 9.96. The zero-order valence-electron chi connectivity index (χ0n) is 12.5. The SMILES string of the molecule is CC(=O)O[C@@H](COC(=O)c1ccccc1)[C@]1(C)CCC(=O)O1. The lowest BCUT2D eigenvalue weighted by Crippen LogP contribution is -2.45. The van der Waals surface area contributed by atoms with Gasteiger partial charge in [-0.15, -0.1) is 0 Å². The topological polar surface area (TPSA) is 78.9 Å². The highest BCUT2D eigenvalue weighted by Crippen LogP contribution is 2.31. The normalized spacial score (nSPS) is 21.8. The molecule has 0 N–H and O–H groups in total. The van der Waals surface area contributed by atoms with E-state index >= 15 is 0 Å². The van der Waals surface area contributed by atoms with Gasteiger partial charge >= 0.3 is 17.9 Å². The second-order valence-electron chi connectivity index (χ2n) is 5.35. The van der Waals surface area contributed by atoms with Crippen LogP contribution in [0.3, 0.4) is 0 Å². The summed E-state index contributed by atoms with van der Waals surface area (Å²) in [4.78, 5) is 34.5. The van der Waals surface area contributed by atoms with Gasteiger partial charge in [-0.05, 0) is 19.1 Å². The molecule has 1 saturated heterocycles. The highest BCUT2D eigenvalue weighted by atomic mass is 16.6. The van der Waals surface area contributed by atoms with Crippen molar-refractivity contribution in [1.29, 1.82) is 0 Å². The van der Waals surface area contributed by atoms with Crippen LogP contribution in [0.5, 0.6) is 0 Å². The van der Waals surface area contributed by atoms with E-state index in [1.807, 2.05) is 0 Å². The van der Waals surface area contributed by atoms with Gasteiger partial charge in [-0.2, -0.15) is 0 Å². The summed E-state index contributed by atoms with van der Waals surface area (Å²) in [6, 6.07) is 8.48. The lowest BCUT2D eigenvalue weighted by molar-refractivity contribution is -0.176. The van der Waals surface area contributed by atoms with E-state index in [1.54, 1.807) is 37.3 Å². The Labute approximate surface area is 128 Å². The van der Waals surface area contributed by atoms with E-state index in [0.29, 0.717) is 12.0 Å². The van der Waals surface area contributed by atoms with Gasteiger partial charge in [0.1, 0.15) is 12.2 Å². The predicted octanol–water partition coefficient (Wildman–Crippen LogP) is 1.87. The van der Waals surface area contributed by atoms with Crippen molar-refractivity contribution in [2.75, 3.05) is 6.61 Å². The zero-order chi connectivity index (χ0) is 16.2. The molecule has 0 amide bonds. The van der Waals surface area contributed by atoms with Crippen molar-refractivity contribution in [1.82, 2.24) is 0 Å². The third kappa shape index (κ3) is 3.84. The lowest BCUT2D eigenvalue weighted by Gasteiger charge is -2.31. The van der Waals surface area contributed by atoms with E-state index in [-0.39, 0.29) is 19.0 Å². The molecule has 1 aromatic rings. The quantitative estimate of drug-likeness (QED) is 0.610. The van der Waals surface area contributed by atoms with Crippen LogP contribution in [0.2, 0.25) is 0 Å². The van der Waals surface area contributed by atoms with Gasteiger partial charge in [0, 0.05) is 19.8 Å². The standard InChI is InChI=1S/C16H18O6/c1-11(17)21-13(16(2)9-8-14(18)22-16)10-20-15(19)12-6-4-3-5-7-12/h3-7,13H,8-10H2,1-2H3/t13-,16-/m0/s1. The summed E-state index contributed by atoms with van der Waals surface area (Å²) >= 11 is 0. The van der Waals surface area contributed by atoms with Crippen LogP contribution in [-0.2, 0) is 23.8 Å². The van der Waals surface area contributed by atoms with E-state index in [4.69, 9.17) is 14.2 Å². The fourth-order valence-electron chi connectivity index (χ4n) is 2.28. The molecule has 1 aliphatic rings. The van der Waals surface area contributed by atoms with Crippen LogP contribution in [-0.4, -0.2) is 36.2 Å². The van der Waals surface area contributed by atoms with Crippen molar-refractivity contribution in [3.05, 3.63) is 35.9 Å². The van der Waals surface area contributed by atoms with E-state index in [2.05, 4.69) is 0 Å². The second kappa shape index (κ2) is 6.60. The molecule has 0 aliphatic carbocycles. The summed E-state index contributed by atoms with van der Waals surface area (Å²) in [7, 11) is 0. The number of hydrogen-bond acceptors (Lipinski definition) is 6. The molecule has 0 spiro atoms. The van der Waals surface area contributed by atoms with Crippen LogP contribution < -0.4 is 0 Å². The van der Waals surface area contributed by atoms with E-state index < -0.39 is 23.6 Å². The number of rotatable bonds is 5. The maximum absolute atomic E-state index is 11.9. The van der Waals surface area contributed by atoms with Gasteiger partial charge in [-0.3, -0.25) is 9.59 Å². The molecular weight excluding hydrogens is 288 g/mol. The molecule has 1 aliphatic heterocycles. The van der Waals surface area contributed by atoms with Crippen molar-refractivity contribution < 1.29 is 28.6 Å². The summed E-state index contributed by atoms with van der Waals surface area (Å²) in [6.45, 7) is 2.76. The Hall–Kier alpha value is -2.37. The number of ether oxygens (including phenoxy) is 3. The average molecular weight is 306 g/mol.